The summed E-state index contributed by atoms with van der Waals surface area (Å²) in [5.74, 6) is -0.906. The summed E-state index contributed by atoms with van der Waals surface area (Å²) in [5.41, 5.74) is 0.285. The second-order valence-corrected chi connectivity index (χ2v) is 7.07. The minimum atomic E-state index is -0.809. The van der Waals surface area contributed by atoms with E-state index in [0.29, 0.717) is 30.2 Å². The number of hydrogen-bond donors (Lipinski definition) is 1. The van der Waals surface area contributed by atoms with Crippen molar-refractivity contribution in [1.29, 1.82) is 0 Å². The monoisotopic (exact) mass is 404 g/mol. The lowest BCUT2D eigenvalue weighted by molar-refractivity contribution is -0.140. The van der Waals surface area contributed by atoms with Crippen molar-refractivity contribution in [2.45, 2.75) is 6.04 Å². The topological polar surface area (TPSA) is 83.2 Å². The van der Waals surface area contributed by atoms with Gasteiger partial charge in [-0.3, -0.25) is 9.59 Å². The minimum absolute atomic E-state index is 0.0278. The van der Waals surface area contributed by atoms with Gasteiger partial charge in [0.2, 0.25) is 0 Å². The molecule has 148 valence electrons. The molecule has 8 heteroatoms. The van der Waals surface area contributed by atoms with Crippen molar-refractivity contribution in [1.82, 2.24) is 9.80 Å². The van der Waals surface area contributed by atoms with Crippen LogP contribution in [0.25, 0.3) is 5.76 Å². The van der Waals surface area contributed by atoms with Crippen LogP contribution in [0.5, 0.6) is 5.75 Å². The smallest absolute Gasteiger partial charge is 0.295 e. The molecule has 0 saturated carbocycles. The number of ether oxygens (including phenoxy) is 1. The molecule has 28 heavy (non-hydrogen) atoms. The Labute approximate surface area is 167 Å². The second-order valence-electron chi connectivity index (χ2n) is 6.66. The number of amides is 1. The van der Waals surface area contributed by atoms with Crippen LogP contribution in [-0.2, 0) is 9.59 Å². The fourth-order valence-electron chi connectivity index (χ4n) is 3.13. The summed E-state index contributed by atoms with van der Waals surface area (Å²) in [4.78, 5) is 28.7. The van der Waals surface area contributed by atoms with Crippen LogP contribution in [0, 0.1) is 0 Å². The molecule has 2 heterocycles. The highest BCUT2D eigenvalue weighted by molar-refractivity contribution is 6.46. The molecule has 1 saturated heterocycles. The summed E-state index contributed by atoms with van der Waals surface area (Å²) < 4.78 is 10.6. The maximum Gasteiger partial charge on any atom is 0.295 e. The second kappa shape index (κ2) is 8.08. The number of nitrogens with zero attached hydrogens (tertiary/aromatic N) is 2. The molecular weight excluding hydrogens is 384 g/mol. The first-order chi connectivity index (χ1) is 13.3. The third-order valence-electron chi connectivity index (χ3n) is 4.57. The van der Waals surface area contributed by atoms with Gasteiger partial charge in [0.1, 0.15) is 23.3 Å². The highest BCUT2D eigenvalue weighted by Crippen LogP contribution is 2.40. The van der Waals surface area contributed by atoms with Crippen molar-refractivity contribution in [3.8, 4) is 5.75 Å². The number of benzene rings is 1. The number of aliphatic hydroxyl groups is 1. The molecule has 1 aliphatic rings. The summed E-state index contributed by atoms with van der Waals surface area (Å²) in [5, 5.41) is 11.2. The van der Waals surface area contributed by atoms with Crippen LogP contribution < -0.4 is 4.74 Å². The molecule has 0 radical (unpaired) electrons. The number of hydrogen-bond acceptors (Lipinski definition) is 6. The third-order valence-corrected chi connectivity index (χ3v) is 4.86. The van der Waals surface area contributed by atoms with Crippen LogP contribution in [-0.4, -0.2) is 60.9 Å². The summed E-state index contributed by atoms with van der Waals surface area (Å²) in [7, 11) is 5.23. The van der Waals surface area contributed by atoms with Crippen molar-refractivity contribution in [3.63, 3.8) is 0 Å². The number of Topliss-reactive ketones (excluding diaryl/α,β-unsaturated/α-hetero) is 1. The molecule has 1 aromatic carbocycles. The fourth-order valence-corrected chi connectivity index (χ4v) is 3.39. The molecule has 1 N–H and O–H groups in total. The number of carbonyl (C=O) groups is 2. The molecule has 1 atom stereocenters. The normalized spacial score (nSPS) is 18.9. The van der Waals surface area contributed by atoms with E-state index in [1.54, 1.807) is 24.3 Å². The van der Waals surface area contributed by atoms with E-state index in [2.05, 4.69) is 0 Å². The number of aliphatic hydroxyl groups excluding tert-OH is 1. The summed E-state index contributed by atoms with van der Waals surface area (Å²) in [6.45, 7) is 0.863. The largest absolute Gasteiger partial charge is 0.507 e. The Hall–Kier alpha value is -2.77. The van der Waals surface area contributed by atoms with Gasteiger partial charge in [0, 0.05) is 18.7 Å². The Balaban J connectivity index is 2.10. The van der Waals surface area contributed by atoms with E-state index in [4.69, 9.17) is 20.8 Å². The molecule has 1 aromatic heterocycles. The number of methoxy groups -OCH3 is 1. The van der Waals surface area contributed by atoms with Crippen molar-refractivity contribution in [2.24, 2.45) is 0 Å². The Bertz CT molecular complexity index is 921. The maximum absolute atomic E-state index is 12.8. The molecule has 0 spiro atoms. The Morgan fingerprint density at radius 2 is 2.07 bits per heavy atom. The number of ketones is 1. The molecule has 1 amide bonds. The van der Waals surface area contributed by atoms with Gasteiger partial charge in [0.15, 0.2) is 0 Å². The lowest BCUT2D eigenvalue weighted by atomic mass is 9.99. The molecule has 2 aromatic rings. The predicted molar refractivity (Wildman–Crippen MR) is 104 cm³/mol. The van der Waals surface area contributed by atoms with E-state index in [9.17, 15) is 14.7 Å². The molecule has 1 fully saturated rings. The van der Waals surface area contributed by atoms with Gasteiger partial charge in [-0.2, -0.15) is 0 Å². The van der Waals surface area contributed by atoms with Crippen LogP contribution in [0.1, 0.15) is 17.4 Å². The molecule has 0 aliphatic carbocycles. The van der Waals surface area contributed by atoms with Gasteiger partial charge in [-0.05, 0) is 44.4 Å². The van der Waals surface area contributed by atoms with E-state index in [0.717, 1.165) is 0 Å². The molecular formula is C20H21ClN2O5. The number of likely N-dealkylation sites (N-methyl/N-ethyl adjacent to an activating group) is 1. The van der Waals surface area contributed by atoms with Crippen LogP contribution in [0.3, 0.4) is 0 Å². The Morgan fingerprint density at radius 3 is 2.64 bits per heavy atom. The van der Waals surface area contributed by atoms with E-state index in [1.807, 2.05) is 19.0 Å². The molecule has 0 unspecified atom stereocenters. The highest BCUT2D eigenvalue weighted by Gasteiger charge is 2.47. The van der Waals surface area contributed by atoms with E-state index in [1.165, 1.54) is 24.3 Å². The van der Waals surface area contributed by atoms with Gasteiger partial charge < -0.3 is 24.1 Å². The zero-order valence-corrected chi connectivity index (χ0v) is 16.6. The maximum atomic E-state index is 12.8. The van der Waals surface area contributed by atoms with Crippen molar-refractivity contribution in [3.05, 3.63) is 58.5 Å². The minimum Gasteiger partial charge on any atom is -0.507 e. The number of furan rings is 1. The first-order valence-corrected chi connectivity index (χ1v) is 9.03. The van der Waals surface area contributed by atoms with Crippen LogP contribution in [0.2, 0.25) is 5.02 Å². The quantitative estimate of drug-likeness (QED) is 0.453. The van der Waals surface area contributed by atoms with Gasteiger partial charge in [-0.15, -0.1) is 0 Å². The fraction of sp³-hybridized carbons (Fsp3) is 0.300. The van der Waals surface area contributed by atoms with Gasteiger partial charge in [-0.25, -0.2) is 0 Å². The number of halogens is 1. The Morgan fingerprint density at radius 1 is 1.32 bits per heavy atom. The molecule has 3 rings (SSSR count). The highest BCUT2D eigenvalue weighted by atomic mass is 35.5. The molecule has 7 nitrogen and oxygen atoms in total. The SMILES string of the molecule is COc1ccc(/C(O)=C2\C(=O)C(=O)N(CCN(C)C)[C@H]2c2ccco2)cc1Cl. The van der Waals surface area contributed by atoms with E-state index < -0.39 is 17.7 Å². The standard InChI is InChI=1S/C20H21ClN2O5/c1-22(2)8-9-23-17(15-5-4-10-28-15)16(19(25)20(23)26)18(24)12-6-7-14(27-3)13(21)11-12/h4-7,10-11,17,24H,8-9H2,1-3H3/b18-16+/t17-/m0/s1. The van der Waals surface area contributed by atoms with Crippen molar-refractivity contribution < 1.29 is 23.8 Å². The van der Waals surface area contributed by atoms with Gasteiger partial charge in [0.25, 0.3) is 11.7 Å². The van der Waals surface area contributed by atoms with Crippen LogP contribution >= 0.6 is 11.6 Å². The van der Waals surface area contributed by atoms with Gasteiger partial charge >= 0.3 is 0 Å². The summed E-state index contributed by atoms with van der Waals surface area (Å²) in [6, 6.07) is 7.19. The van der Waals surface area contributed by atoms with Gasteiger partial charge in [-0.1, -0.05) is 11.6 Å². The average Bonchev–Trinajstić information content (AvgIpc) is 3.27. The zero-order valence-electron chi connectivity index (χ0n) is 15.8. The van der Waals surface area contributed by atoms with Crippen LogP contribution in [0.15, 0.2) is 46.6 Å². The van der Waals surface area contributed by atoms with Crippen molar-refractivity contribution >= 4 is 29.1 Å². The summed E-state index contributed by atoms with van der Waals surface area (Å²) >= 11 is 6.15. The number of rotatable bonds is 6. The summed E-state index contributed by atoms with van der Waals surface area (Å²) in [6.07, 6.45) is 1.46. The lowest BCUT2D eigenvalue weighted by Crippen LogP contribution is -2.35. The molecule has 0 bridgehead atoms. The number of carbonyl (C=O) groups excluding carboxylic acids is 2. The average molecular weight is 405 g/mol. The number of likely N-dealkylation sites (tertiary alicyclic amines) is 1. The van der Waals surface area contributed by atoms with Crippen LogP contribution in [0.4, 0.5) is 0 Å². The third kappa shape index (κ3) is 3.63. The van der Waals surface area contributed by atoms with Gasteiger partial charge in [0.05, 0.1) is 24.0 Å². The zero-order chi connectivity index (χ0) is 20.4. The van der Waals surface area contributed by atoms with E-state index >= 15 is 0 Å². The first kappa shape index (κ1) is 20.0. The van der Waals surface area contributed by atoms with E-state index in [-0.39, 0.29) is 16.4 Å². The molecule has 1 aliphatic heterocycles. The Kier molecular flexibility index (Phi) is 5.76. The lowest BCUT2D eigenvalue weighted by Gasteiger charge is -2.24. The van der Waals surface area contributed by atoms with Crippen molar-refractivity contribution in [2.75, 3.05) is 34.3 Å². The first-order valence-electron chi connectivity index (χ1n) is 8.65. The predicted octanol–water partition coefficient (Wildman–Crippen LogP) is 2.92.